The molecule has 0 aliphatic heterocycles. The minimum Gasteiger partial charge on any atom is -0.376 e. The molecule has 0 bridgehead atoms. The van der Waals surface area contributed by atoms with Gasteiger partial charge in [0.05, 0.1) is 23.7 Å². The molecule has 1 aromatic rings. The van der Waals surface area contributed by atoms with Crippen molar-refractivity contribution in [1.29, 1.82) is 5.26 Å². The number of amides is 1. The van der Waals surface area contributed by atoms with E-state index in [1.807, 2.05) is 6.07 Å². The molecule has 26 heavy (non-hydrogen) atoms. The van der Waals surface area contributed by atoms with Gasteiger partial charge in [0, 0.05) is 5.69 Å². The summed E-state index contributed by atoms with van der Waals surface area (Å²) in [6, 6.07) is 2.96. The molecule has 0 radical (unpaired) electrons. The third-order valence-corrected chi connectivity index (χ3v) is 4.07. The van der Waals surface area contributed by atoms with Crippen molar-refractivity contribution >= 4 is 11.6 Å². The van der Waals surface area contributed by atoms with Crippen molar-refractivity contribution < 1.29 is 31.1 Å². The highest BCUT2D eigenvalue weighted by atomic mass is 19.4. The number of halogens is 6. The quantitative estimate of drug-likeness (QED) is 0.762. The van der Waals surface area contributed by atoms with Crippen LogP contribution >= 0.6 is 0 Å². The molecule has 2 rings (SSSR count). The summed E-state index contributed by atoms with van der Waals surface area (Å²) in [4.78, 5) is 11.9. The fourth-order valence-electron chi connectivity index (χ4n) is 2.46. The molecule has 0 heterocycles. The molecule has 0 spiro atoms. The highest BCUT2D eigenvalue weighted by Gasteiger charge is 2.43. The van der Waals surface area contributed by atoms with Gasteiger partial charge in [0.1, 0.15) is 5.54 Å². The zero-order chi connectivity index (χ0) is 19.8. The molecule has 1 atom stereocenters. The monoisotopic (exact) mass is 379 g/mol. The maximum Gasteiger partial charge on any atom is 0.416 e. The number of hydrogen-bond acceptors (Lipinski definition) is 3. The van der Waals surface area contributed by atoms with Gasteiger partial charge in [-0.2, -0.15) is 31.6 Å². The maximum absolute atomic E-state index is 12.8. The maximum atomic E-state index is 12.8. The van der Waals surface area contributed by atoms with Crippen molar-refractivity contribution in [3.05, 3.63) is 29.3 Å². The van der Waals surface area contributed by atoms with Crippen LogP contribution in [0.25, 0.3) is 0 Å². The van der Waals surface area contributed by atoms with Crippen molar-refractivity contribution in [3.8, 4) is 6.07 Å². The number of anilines is 1. The van der Waals surface area contributed by atoms with E-state index in [0.717, 1.165) is 12.8 Å². The first-order chi connectivity index (χ1) is 11.8. The van der Waals surface area contributed by atoms with Gasteiger partial charge >= 0.3 is 12.4 Å². The number of nitrogens with one attached hydrogen (secondary N) is 2. The Morgan fingerprint density at radius 3 is 2.00 bits per heavy atom. The lowest BCUT2D eigenvalue weighted by Gasteiger charge is -2.23. The van der Waals surface area contributed by atoms with Crippen molar-refractivity contribution in [2.24, 2.45) is 5.92 Å². The van der Waals surface area contributed by atoms with Crippen LogP contribution in [0.2, 0.25) is 0 Å². The van der Waals surface area contributed by atoms with E-state index in [1.165, 1.54) is 6.92 Å². The van der Waals surface area contributed by atoms with Gasteiger partial charge in [0.2, 0.25) is 5.91 Å². The zero-order valence-corrected chi connectivity index (χ0v) is 13.6. The van der Waals surface area contributed by atoms with E-state index in [-0.39, 0.29) is 12.0 Å². The third-order valence-electron chi connectivity index (χ3n) is 4.07. The first-order valence-corrected chi connectivity index (χ1v) is 7.61. The summed E-state index contributed by atoms with van der Waals surface area (Å²) in [5.74, 6) is -0.714. The van der Waals surface area contributed by atoms with Gasteiger partial charge in [0.15, 0.2) is 0 Å². The van der Waals surface area contributed by atoms with Gasteiger partial charge in [0.25, 0.3) is 0 Å². The topological polar surface area (TPSA) is 64.9 Å². The Bertz CT molecular complexity index is 701. The second-order valence-electron chi connectivity index (χ2n) is 6.28. The number of nitrogens with zero attached hydrogens (tertiary/aromatic N) is 1. The SMILES string of the molecule is CC(C#N)(NC(=O)CNc1cc(C(F)(F)F)cc(C(F)(F)F)c1)C1CC1. The van der Waals surface area contributed by atoms with Gasteiger partial charge in [-0.15, -0.1) is 0 Å². The van der Waals surface area contributed by atoms with E-state index in [9.17, 15) is 31.1 Å². The van der Waals surface area contributed by atoms with E-state index < -0.39 is 47.2 Å². The lowest BCUT2D eigenvalue weighted by atomic mass is 9.98. The third kappa shape index (κ3) is 4.80. The minimum atomic E-state index is -4.97. The number of hydrogen-bond donors (Lipinski definition) is 2. The molecule has 1 aliphatic carbocycles. The summed E-state index contributed by atoms with van der Waals surface area (Å²) in [7, 11) is 0. The lowest BCUT2D eigenvalue weighted by molar-refractivity contribution is -0.143. The van der Waals surface area contributed by atoms with Gasteiger partial charge in [-0.05, 0) is 43.9 Å². The largest absolute Gasteiger partial charge is 0.416 e. The summed E-state index contributed by atoms with van der Waals surface area (Å²) in [5.41, 5.74) is -4.55. The normalized spacial score (nSPS) is 17.2. The fourth-order valence-corrected chi connectivity index (χ4v) is 2.46. The smallest absolute Gasteiger partial charge is 0.376 e. The van der Waals surface area contributed by atoms with Crippen LogP contribution < -0.4 is 10.6 Å². The highest BCUT2D eigenvalue weighted by molar-refractivity contribution is 5.82. The van der Waals surface area contributed by atoms with Crippen LogP contribution in [0.5, 0.6) is 0 Å². The van der Waals surface area contributed by atoms with Crippen molar-refractivity contribution in [2.75, 3.05) is 11.9 Å². The number of carbonyl (C=O) groups excluding carboxylic acids is 1. The Morgan fingerprint density at radius 2 is 1.62 bits per heavy atom. The van der Waals surface area contributed by atoms with Crippen LogP contribution in [-0.4, -0.2) is 18.0 Å². The zero-order valence-electron chi connectivity index (χ0n) is 13.6. The average Bonchev–Trinajstić information content (AvgIpc) is 3.36. The first-order valence-electron chi connectivity index (χ1n) is 7.61. The Kier molecular flexibility index (Phi) is 5.12. The number of rotatable bonds is 5. The number of carbonyl (C=O) groups is 1. The predicted molar refractivity (Wildman–Crippen MR) is 79.8 cm³/mol. The van der Waals surface area contributed by atoms with Crippen LogP contribution in [0.4, 0.5) is 32.0 Å². The van der Waals surface area contributed by atoms with E-state index >= 15 is 0 Å². The Balaban J connectivity index is 2.13. The molecular weight excluding hydrogens is 364 g/mol. The van der Waals surface area contributed by atoms with Crippen molar-refractivity contribution in [1.82, 2.24) is 5.32 Å². The standard InChI is InChI=1S/C16H15F6N3O/c1-14(8-23,9-2-3-9)25-13(26)7-24-12-5-10(15(17,18)19)4-11(6-12)16(20,21)22/h4-6,9,24H,2-3,7H2,1H3,(H,25,26). The molecule has 142 valence electrons. The summed E-state index contributed by atoms with van der Waals surface area (Å²) in [6.45, 7) is 0.956. The fraction of sp³-hybridized carbons (Fsp3) is 0.500. The molecular formula is C16H15F6N3O. The summed E-state index contributed by atoms with van der Waals surface area (Å²) >= 11 is 0. The number of nitriles is 1. The molecule has 1 saturated carbocycles. The van der Waals surface area contributed by atoms with Crippen LogP contribution in [0, 0.1) is 17.2 Å². The van der Waals surface area contributed by atoms with Crippen LogP contribution in [0.1, 0.15) is 30.9 Å². The molecule has 0 aromatic heterocycles. The predicted octanol–water partition coefficient (Wildman–Crippen LogP) is 3.94. The molecule has 1 fully saturated rings. The summed E-state index contributed by atoms with van der Waals surface area (Å²) < 4.78 is 76.7. The molecule has 10 heteroatoms. The second-order valence-corrected chi connectivity index (χ2v) is 6.28. The van der Waals surface area contributed by atoms with Crippen LogP contribution in [0.15, 0.2) is 18.2 Å². The molecule has 1 amide bonds. The average molecular weight is 379 g/mol. The van der Waals surface area contributed by atoms with E-state index in [2.05, 4.69) is 10.6 Å². The Labute approximate surface area is 145 Å². The Hall–Kier alpha value is -2.44. The lowest BCUT2D eigenvalue weighted by Crippen LogP contribution is -2.48. The Morgan fingerprint density at radius 1 is 1.12 bits per heavy atom. The van der Waals surface area contributed by atoms with Gasteiger partial charge < -0.3 is 10.6 Å². The van der Waals surface area contributed by atoms with Crippen LogP contribution in [0.3, 0.4) is 0 Å². The summed E-state index contributed by atoms with van der Waals surface area (Å²) in [6.07, 6.45) is -8.41. The molecule has 1 aromatic carbocycles. The van der Waals surface area contributed by atoms with Crippen molar-refractivity contribution in [2.45, 2.75) is 37.7 Å². The molecule has 1 aliphatic rings. The second kappa shape index (κ2) is 6.70. The number of benzene rings is 1. The van der Waals surface area contributed by atoms with Gasteiger partial charge in [-0.1, -0.05) is 0 Å². The highest BCUT2D eigenvalue weighted by Crippen LogP contribution is 2.39. The first kappa shape index (κ1) is 19.9. The molecule has 4 nitrogen and oxygen atoms in total. The molecule has 1 unspecified atom stereocenters. The van der Waals surface area contributed by atoms with E-state index in [1.54, 1.807) is 0 Å². The van der Waals surface area contributed by atoms with E-state index in [4.69, 9.17) is 5.26 Å². The number of alkyl halides is 6. The molecule has 0 saturated heterocycles. The van der Waals surface area contributed by atoms with Crippen LogP contribution in [-0.2, 0) is 17.1 Å². The van der Waals surface area contributed by atoms with Crippen molar-refractivity contribution in [3.63, 3.8) is 0 Å². The van der Waals surface area contributed by atoms with Gasteiger partial charge in [-0.25, -0.2) is 0 Å². The van der Waals surface area contributed by atoms with Gasteiger partial charge in [-0.3, -0.25) is 4.79 Å². The summed E-state index contributed by atoms with van der Waals surface area (Å²) in [5, 5.41) is 13.9. The molecule has 2 N–H and O–H groups in total. The minimum absolute atomic E-state index is 0.00505. The van der Waals surface area contributed by atoms with E-state index in [0.29, 0.717) is 12.1 Å².